The summed E-state index contributed by atoms with van der Waals surface area (Å²) in [6, 6.07) is 0. The first kappa shape index (κ1) is 17.5. The minimum absolute atomic E-state index is 0.0294. The van der Waals surface area contributed by atoms with Gasteiger partial charge in [0.1, 0.15) is 6.10 Å². The number of hydrogen-bond acceptors (Lipinski definition) is 4. The van der Waals surface area contributed by atoms with Gasteiger partial charge >= 0.3 is 5.97 Å². The zero-order valence-electron chi connectivity index (χ0n) is 16.0. The summed E-state index contributed by atoms with van der Waals surface area (Å²) < 4.78 is 11.7. The third-order valence-electron chi connectivity index (χ3n) is 7.27. The van der Waals surface area contributed by atoms with E-state index in [0.29, 0.717) is 11.8 Å². The molecule has 0 radical (unpaired) electrons. The fourth-order valence-corrected chi connectivity index (χ4v) is 6.18. The summed E-state index contributed by atoms with van der Waals surface area (Å²) in [7, 11) is 0. The molecule has 4 fully saturated rings. The highest BCUT2D eigenvalue weighted by molar-refractivity contribution is 5.75. The third kappa shape index (κ3) is 3.16. The zero-order chi connectivity index (χ0) is 17.8. The summed E-state index contributed by atoms with van der Waals surface area (Å²) in [5.41, 5.74) is 1.70. The number of carbonyl (C=O) groups is 1. The van der Waals surface area contributed by atoms with Crippen LogP contribution in [0.5, 0.6) is 0 Å². The first-order chi connectivity index (χ1) is 11.9. The molecule has 2 aliphatic carbocycles. The van der Waals surface area contributed by atoms with Crippen molar-refractivity contribution in [1.29, 1.82) is 0 Å². The number of allylic oxidation sites excluding steroid dienone is 1. The molecule has 0 amide bonds. The minimum atomic E-state index is 0.0294. The van der Waals surface area contributed by atoms with E-state index in [9.17, 15) is 4.79 Å². The smallest absolute Gasteiger partial charge is 0.310 e. The van der Waals surface area contributed by atoms with Gasteiger partial charge in [-0.3, -0.25) is 9.69 Å². The van der Waals surface area contributed by atoms with Crippen molar-refractivity contribution in [3.05, 3.63) is 12.2 Å². The number of carbonyl (C=O) groups excluding carboxylic acids is 1. The first-order valence-corrected chi connectivity index (χ1v) is 10.1. The lowest BCUT2D eigenvalue weighted by Gasteiger charge is -2.50. The highest BCUT2D eigenvalue weighted by atomic mass is 16.6. The minimum Gasteiger partial charge on any atom is -0.462 e. The molecular weight excluding hydrogens is 314 g/mol. The number of hydrogen-bond donors (Lipinski definition) is 0. The molecular formula is C21H33NO3. The number of rotatable bonds is 2. The molecule has 25 heavy (non-hydrogen) atoms. The SMILES string of the molecule is C=C1CCC[C@@]2(C)C[C@@H]3OC(=O)[C@@H](CN4C[C@@H](C)O[C@@H](C)C4)[C@H]3C[C@H]12. The van der Waals surface area contributed by atoms with Gasteiger partial charge in [0.2, 0.25) is 0 Å². The molecule has 4 nitrogen and oxygen atoms in total. The molecule has 140 valence electrons. The summed E-state index contributed by atoms with van der Waals surface area (Å²) in [5.74, 6) is 1.01. The van der Waals surface area contributed by atoms with E-state index in [1.54, 1.807) is 0 Å². The lowest BCUT2D eigenvalue weighted by molar-refractivity contribution is -0.147. The van der Waals surface area contributed by atoms with E-state index in [1.807, 2.05) is 0 Å². The molecule has 2 heterocycles. The highest BCUT2D eigenvalue weighted by Crippen LogP contribution is 2.56. The molecule has 2 aliphatic heterocycles. The van der Waals surface area contributed by atoms with E-state index in [4.69, 9.17) is 9.47 Å². The summed E-state index contributed by atoms with van der Waals surface area (Å²) in [6.45, 7) is 13.7. The van der Waals surface area contributed by atoms with Crippen LogP contribution in [-0.2, 0) is 14.3 Å². The second kappa shape index (κ2) is 6.38. The Morgan fingerprint density at radius 2 is 2.00 bits per heavy atom. The first-order valence-electron chi connectivity index (χ1n) is 10.1. The van der Waals surface area contributed by atoms with Gasteiger partial charge in [0.05, 0.1) is 18.1 Å². The van der Waals surface area contributed by atoms with Gasteiger partial charge in [-0.1, -0.05) is 19.1 Å². The van der Waals surface area contributed by atoms with Gasteiger partial charge in [-0.2, -0.15) is 0 Å². The Bertz CT molecular complexity index is 551. The fraction of sp³-hybridized carbons (Fsp3) is 0.857. The largest absolute Gasteiger partial charge is 0.462 e. The van der Waals surface area contributed by atoms with Crippen LogP contribution in [0.3, 0.4) is 0 Å². The second-order valence-corrected chi connectivity index (χ2v) is 9.38. The van der Waals surface area contributed by atoms with Crippen LogP contribution in [-0.4, -0.2) is 48.8 Å². The number of fused-ring (bicyclic) bond motifs is 2. The van der Waals surface area contributed by atoms with E-state index < -0.39 is 0 Å². The maximum absolute atomic E-state index is 12.7. The van der Waals surface area contributed by atoms with Crippen molar-refractivity contribution >= 4 is 5.97 Å². The lowest BCUT2D eigenvalue weighted by atomic mass is 9.55. The summed E-state index contributed by atoms with van der Waals surface area (Å²) >= 11 is 0. The molecule has 7 atom stereocenters. The Balaban J connectivity index is 1.49. The van der Waals surface area contributed by atoms with Crippen LogP contribution in [0.25, 0.3) is 0 Å². The molecule has 0 bridgehead atoms. The van der Waals surface area contributed by atoms with Gasteiger partial charge in [-0.15, -0.1) is 0 Å². The van der Waals surface area contributed by atoms with Crippen LogP contribution in [0.2, 0.25) is 0 Å². The maximum atomic E-state index is 12.7. The van der Waals surface area contributed by atoms with Crippen molar-refractivity contribution < 1.29 is 14.3 Å². The van der Waals surface area contributed by atoms with E-state index in [2.05, 4.69) is 32.3 Å². The van der Waals surface area contributed by atoms with Crippen LogP contribution in [0.4, 0.5) is 0 Å². The Kier molecular flexibility index (Phi) is 4.48. The van der Waals surface area contributed by atoms with Crippen molar-refractivity contribution in [2.45, 2.75) is 71.2 Å². The van der Waals surface area contributed by atoms with Gasteiger partial charge in [0.25, 0.3) is 0 Å². The van der Waals surface area contributed by atoms with E-state index in [0.717, 1.165) is 38.9 Å². The average molecular weight is 347 g/mol. The second-order valence-electron chi connectivity index (χ2n) is 9.38. The molecule has 4 heteroatoms. The van der Waals surface area contributed by atoms with Crippen molar-refractivity contribution in [3.8, 4) is 0 Å². The number of nitrogens with zero attached hydrogens (tertiary/aromatic N) is 1. The normalized spacial score (nSPS) is 48.0. The van der Waals surface area contributed by atoms with Gasteiger partial charge in [0.15, 0.2) is 0 Å². The van der Waals surface area contributed by atoms with E-state index in [-0.39, 0.29) is 35.6 Å². The Hall–Kier alpha value is -0.870. The van der Waals surface area contributed by atoms with Gasteiger partial charge in [-0.05, 0) is 57.3 Å². The quantitative estimate of drug-likeness (QED) is 0.567. The van der Waals surface area contributed by atoms with Crippen LogP contribution in [0.1, 0.15) is 52.9 Å². The zero-order valence-corrected chi connectivity index (χ0v) is 16.0. The molecule has 0 N–H and O–H groups in total. The standard InChI is InChI=1S/C21H33NO3/c1-13-6-5-7-21(4)9-19-16(8-18(13)21)17(20(23)25-19)12-22-10-14(2)24-15(3)11-22/h14-19H,1,5-12H2,2-4H3/t14-,15+,16-,17+,18-,19+,21+/m1/s1. The Labute approximate surface area is 151 Å². The molecule has 0 aromatic rings. The average Bonchev–Trinajstić information content (AvgIpc) is 2.79. The van der Waals surface area contributed by atoms with Crippen molar-refractivity contribution in [2.24, 2.45) is 23.2 Å². The highest BCUT2D eigenvalue weighted by Gasteiger charge is 2.55. The number of morpholine rings is 1. The summed E-state index contributed by atoms with van der Waals surface area (Å²) in [5, 5.41) is 0. The summed E-state index contributed by atoms with van der Waals surface area (Å²) in [4.78, 5) is 15.1. The Morgan fingerprint density at radius 1 is 1.28 bits per heavy atom. The molecule has 2 saturated heterocycles. The molecule has 0 unspecified atom stereocenters. The monoisotopic (exact) mass is 347 g/mol. The molecule has 0 aromatic carbocycles. The maximum Gasteiger partial charge on any atom is 0.310 e. The molecule has 2 saturated carbocycles. The number of ether oxygens (including phenoxy) is 2. The molecule has 0 spiro atoms. The molecule has 4 rings (SSSR count). The van der Waals surface area contributed by atoms with Gasteiger partial charge in [0, 0.05) is 25.6 Å². The van der Waals surface area contributed by atoms with Crippen molar-refractivity contribution in [3.63, 3.8) is 0 Å². The summed E-state index contributed by atoms with van der Waals surface area (Å²) in [6.07, 6.45) is 6.38. The van der Waals surface area contributed by atoms with Crippen LogP contribution < -0.4 is 0 Å². The fourth-order valence-electron chi connectivity index (χ4n) is 6.18. The predicted molar refractivity (Wildman–Crippen MR) is 97.1 cm³/mol. The Morgan fingerprint density at radius 3 is 2.72 bits per heavy atom. The third-order valence-corrected chi connectivity index (χ3v) is 7.27. The van der Waals surface area contributed by atoms with Crippen molar-refractivity contribution in [1.82, 2.24) is 4.90 Å². The predicted octanol–water partition coefficient (Wildman–Crippen LogP) is 3.41. The van der Waals surface area contributed by atoms with Crippen LogP contribution in [0, 0.1) is 23.2 Å². The topological polar surface area (TPSA) is 38.8 Å². The van der Waals surface area contributed by atoms with Gasteiger partial charge < -0.3 is 9.47 Å². The van der Waals surface area contributed by atoms with Crippen LogP contribution in [0.15, 0.2) is 12.2 Å². The van der Waals surface area contributed by atoms with Gasteiger partial charge in [-0.25, -0.2) is 0 Å². The lowest BCUT2D eigenvalue weighted by Crippen LogP contribution is -2.49. The van der Waals surface area contributed by atoms with Crippen LogP contribution >= 0.6 is 0 Å². The molecule has 0 aromatic heterocycles. The van der Waals surface area contributed by atoms with E-state index >= 15 is 0 Å². The van der Waals surface area contributed by atoms with Crippen molar-refractivity contribution in [2.75, 3.05) is 19.6 Å². The molecule has 4 aliphatic rings. The van der Waals surface area contributed by atoms with E-state index in [1.165, 1.54) is 18.4 Å². The number of esters is 1.